The molecule has 25 heavy (non-hydrogen) atoms. The Morgan fingerprint density at radius 3 is 2.64 bits per heavy atom. The molecule has 1 heterocycles. The summed E-state index contributed by atoms with van der Waals surface area (Å²) in [6.07, 6.45) is 4.16. The van der Waals surface area contributed by atoms with Crippen LogP contribution in [0, 0.1) is 0 Å². The Labute approximate surface area is 148 Å². The van der Waals surface area contributed by atoms with Gasteiger partial charge in [0.1, 0.15) is 5.75 Å². The van der Waals surface area contributed by atoms with Crippen LogP contribution in [-0.4, -0.2) is 24.2 Å². The highest BCUT2D eigenvalue weighted by molar-refractivity contribution is 5.94. The van der Waals surface area contributed by atoms with Gasteiger partial charge in [-0.25, -0.2) is 4.79 Å². The van der Waals surface area contributed by atoms with Crippen molar-refractivity contribution in [2.24, 2.45) is 0 Å². The molecule has 0 unspecified atom stereocenters. The van der Waals surface area contributed by atoms with Crippen molar-refractivity contribution in [3.8, 4) is 16.9 Å². The summed E-state index contributed by atoms with van der Waals surface area (Å²) in [4.78, 5) is 11.4. The number of ether oxygens (including phenoxy) is 1. The molecule has 3 rings (SSSR count). The number of fused-ring (bicyclic) bond motifs is 1. The highest BCUT2D eigenvalue weighted by atomic mass is 16.5. The van der Waals surface area contributed by atoms with Crippen molar-refractivity contribution in [3.63, 3.8) is 0 Å². The molecule has 0 spiro atoms. The van der Waals surface area contributed by atoms with Crippen molar-refractivity contribution in [2.45, 2.75) is 26.2 Å². The minimum atomic E-state index is -0.837. The summed E-state index contributed by atoms with van der Waals surface area (Å²) in [6.45, 7) is 3.58. The van der Waals surface area contributed by atoms with E-state index in [9.17, 15) is 9.90 Å². The monoisotopic (exact) mass is 337 g/mol. The van der Waals surface area contributed by atoms with Gasteiger partial charge >= 0.3 is 5.97 Å². The molecule has 1 aliphatic heterocycles. The van der Waals surface area contributed by atoms with E-state index in [0.717, 1.165) is 47.5 Å². The van der Waals surface area contributed by atoms with E-state index in [-0.39, 0.29) is 0 Å². The molecule has 2 aromatic rings. The summed E-state index contributed by atoms with van der Waals surface area (Å²) in [5.41, 5.74) is 4.50. The molecule has 0 saturated carbocycles. The molecule has 0 fully saturated rings. The largest absolute Gasteiger partial charge is 0.494 e. The van der Waals surface area contributed by atoms with Crippen LogP contribution in [0.3, 0.4) is 0 Å². The fraction of sp³-hybridized carbons (Fsp3) is 0.286. The number of nitrogens with one attached hydrogen (secondary N) is 1. The summed E-state index contributed by atoms with van der Waals surface area (Å²) in [5.74, 6) is 0.0299. The van der Waals surface area contributed by atoms with E-state index in [1.54, 1.807) is 6.08 Å². The topological polar surface area (TPSA) is 58.6 Å². The lowest BCUT2D eigenvalue weighted by molar-refractivity contribution is -0.132. The number of rotatable bonds is 5. The predicted molar refractivity (Wildman–Crippen MR) is 101 cm³/mol. The smallest absolute Gasteiger partial charge is 0.331 e. The number of aliphatic carboxylic acids is 1. The predicted octanol–water partition coefficient (Wildman–Crippen LogP) is 4.82. The second-order valence-electron chi connectivity index (χ2n) is 6.18. The van der Waals surface area contributed by atoms with Crippen LogP contribution in [0.2, 0.25) is 0 Å². The Balaban J connectivity index is 1.91. The van der Waals surface area contributed by atoms with Crippen molar-refractivity contribution in [3.05, 3.63) is 53.6 Å². The van der Waals surface area contributed by atoms with Crippen LogP contribution in [0.15, 0.2) is 48.0 Å². The van der Waals surface area contributed by atoms with Crippen LogP contribution in [0.25, 0.3) is 17.2 Å². The van der Waals surface area contributed by atoms with E-state index in [1.165, 1.54) is 0 Å². The highest BCUT2D eigenvalue weighted by Crippen LogP contribution is 2.30. The molecule has 4 heteroatoms. The summed E-state index contributed by atoms with van der Waals surface area (Å²) >= 11 is 0. The van der Waals surface area contributed by atoms with Crippen LogP contribution >= 0.6 is 0 Å². The number of carboxylic acids is 1. The average Bonchev–Trinajstić information content (AvgIpc) is 2.60. The first-order valence-electron chi connectivity index (χ1n) is 8.72. The zero-order valence-corrected chi connectivity index (χ0v) is 14.4. The van der Waals surface area contributed by atoms with E-state index < -0.39 is 5.97 Å². The van der Waals surface area contributed by atoms with Gasteiger partial charge < -0.3 is 15.2 Å². The van der Waals surface area contributed by atoms with Crippen molar-refractivity contribution >= 4 is 17.7 Å². The fourth-order valence-corrected chi connectivity index (χ4v) is 2.92. The quantitative estimate of drug-likeness (QED) is 0.821. The minimum Gasteiger partial charge on any atom is -0.494 e. The zero-order valence-electron chi connectivity index (χ0n) is 14.4. The van der Waals surface area contributed by atoms with E-state index in [2.05, 4.69) is 18.3 Å². The Morgan fingerprint density at radius 1 is 1.16 bits per heavy atom. The van der Waals surface area contributed by atoms with Crippen molar-refractivity contribution in [1.82, 2.24) is 0 Å². The molecule has 0 amide bonds. The van der Waals surface area contributed by atoms with Crippen molar-refractivity contribution < 1.29 is 14.6 Å². The second kappa shape index (κ2) is 7.88. The zero-order chi connectivity index (χ0) is 17.6. The van der Waals surface area contributed by atoms with Crippen LogP contribution in [0.1, 0.15) is 31.7 Å². The Bertz CT molecular complexity index is 778. The lowest BCUT2D eigenvalue weighted by atomic mass is 9.98. The molecular weight excluding hydrogens is 314 g/mol. The van der Waals surface area contributed by atoms with Gasteiger partial charge in [0.15, 0.2) is 0 Å². The van der Waals surface area contributed by atoms with Gasteiger partial charge in [-0.3, -0.25) is 0 Å². The van der Waals surface area contributed by atoms with Gasteiger partial charge in [-0.2, -0.15) is 0 Å². The molecular formula is C21H23NO3. The molecule has 130 valence electrons. The molecule has 2 N–H and O–H groups in total. The molecule has 1 aliphatic rings. The maximum Gasteiger partial charge on any atom is 0.331 e. The number of hydrogen-bond donors (Lipinski definition) is 2. The first-order chi connectivity index (χ1) is 12.2. The third kappa shape index (κ3) is 4.21. The van der Waals surface area contributed by atoms with Crippen molar-refractivity contribution in [2.75, 3.05) is 18.5 Å². The van der Waals surface area contributed by atoms with Gasteiger partial charge in [0.2, 0.25) is 0 Å². The summed E-state index contributed by atoms with van der Waals surface area (Å²) in [7, 11) is 0. The first-order valence-corrected chi connectivity index (χ1v) is 8.72. The molecule has 0 saturated heterocycles. The standard InChI is InChI=1S/C21H23NO3/c1-2-12-25-19-8-5-15(6-9-19)16-7-10-20-18(13-16)14-17(21(23)24)4-3-11-22-20/h5-10,13-14,22H,2-4,11-12H2,1H3,(H,23,24). The van der Waals surface area contributed by atoms with Crippen molar-refractivity contribution in [1.29, 1.82) is 0 Å². The van der Waals surface area contributed by atoms with E-state index in [0.29, 0.717) is 18.6 Å². The molecule has 0 radical (unpaired) electrons. The van der Waals surface area contributed by atoms with Crippen LogP contribution in [-0.2, 0) is 4.79 Å². The Hall–Kier alpha value is -2.75. The van der Waals surface area contributed by atoms with Gasteiger partial charge in [0.05, 0.1) is 6.61 Å². The Kier molecular flexibility index (Phi) is 5.39. The Morgan fingerprint density at radius 2 is 1.92 bits per heavy atom. The highest BCUT2D eigenvalue weighted by Gasteiger charge is 2.13. The summed E-state index contributed by atoms with van der Waals surface area (Å²) < 4.78 is 5.62. The molecule has 4 nitrogen and oxygen atoms in total. The maximum atomic E-state index is 11.4. The van der Waals surface area contributed by atoms with Gasteiger partial charge in [-0.05, 0) is 66.3 Å². The second-order valence-corrected chi connectivity index (χ2v) is 6.18. The SMILES string of the molecule is CCCOc1ccc(-c2ccc3c(c2)C=C(C(=O)O)CCCN3)cc1. The van der Waals surface area contributed by atoms with Gasteiger partial charge in [-0.15, -0.1) is 0 Å². The minimum absolute atomic E-state index is 0.461. The van der Waals surface area contributed by atoms with Gasteiger partial charge in [0.25, 0.3) is 0 Å². The lowest BCUT2D eigenvalue weighted by Gasteiger charge is -2.16. The summed E-state index contributed by atoms with van der Waals surface area (Å²) in [6, 6.07) is 14.1. The molecule has 0 aliphatic carbocycles. The third-order valence-electron chi connectivity index (χ3n) is 4.25. The van der Waals surface area contributed by atoms with Crippen LogP contribution in [0.4, 0.5) is 5.69 Å². The molecule has 0 aromatic heterocycles. The van der Waals surface area contributed by atoms with E-state index in [1.807, 2.05) is 36.4 Å². The van der Waals surface area contributed by atoms with Gasteiger partial charge in [-0.1, -0.05) is 25.1 Å². The first kappa shape index (κ1) is 17.1. The summed E-state index contributed by atoms with van der Waals surface area (Å²) in [5, 5.41) is 12.7. The normalized spacial score (nSPS) is 13.7. The van der Waals surface area contributed by atoms with Gasteiger partial charge in [0, 0.05) is 17.8 Å². The molecule has 0 atom stereocenters. The van der Waals surface area contributed by atoms with Crippen LogP contribution < -0.4 is 10.1 Å². The van der Waals surface area contributed by atoms with E-state index in [4.69, 9.17) is 4.74 Å². The number of benzene rings is 2. The van der Waals surface area contributed by atoms with E-state index >= 15 is 0 Å². The lowest BCUT2D eigenvalue weighted by Crippen LogP contribution is -2.09. The maximum absolute atomic E-state index is 11.4. The fourth-order valence-electron chi connectivity index (χ4n) is 2.92. The molecule has 2 aromatic carbocycles. The third-order valence-corrected chi connectivity index (χ3v) is 4.25. The number of anilines is 1. The number of hydrogen-bond acceptors (Lipinski definition) is 3. The number of carbonyl (C=O) groups is 1. The molecule has 0 bridgehead atoms. The number of carboxylic acid groups (broad SMARTS) is 1. The average molecular weight is 337 g/mol. The van der Waals surface area contributed by atoms with Crippen LogP contribution in [0.5, 0.6) is 5.75 Å².